The van der Waals surface area contributed by atoms with E-state index in [-0.39, 0.29) is 44.0 Å². The van der Waals surface area contributed by atoms with Crippen molar-refractivity contribution in [3.05, 3.63) is 109 Å². The Labute approximate surface area is 400 Å². The molecule has 368 valence electrons. The number of esters is 3. The molecule has 0 aromatic rings. The molecule has 1 unspecified atom stereocenters. The summed E-state index contributed by atoms with van der Waals surface area (Å²) in [4.78, 5) is 38.0. The predicted molar refractivity (Wildman–Crippen MR) is 279 cm³/mol. The summed E-state index contributed by atoms with van der Waals surface area (Å²) in [6.07, 6.45) is 70.9. The number of carbonyl (C=O) groups excluding carboxylic acids is 3. The van der Waals surface area contributed by atoms with Gasteiger partial charge in [-0.3, -0.25) is 14.4 Å². The van der Waals surface area contributed by atoms with Crippen molar-refractivity contribution in [1.82, 2.24) is 0 Å². The zero-order valence-electron chi connectivity index (χ0n) is 42.0. The van der Waals surface area contributed by atoms with E-state index in [0.29, 0.717) is 19.3 Å². The molecule has 1 atom stereocenters. The van der Waals surface area contributed by atoms with Crippen molar-refractivity contribution < 1.29 is 28.6 Å². The summed E-state index contributed by atoms with van der Waals surface area (Å²) in [7, 11) is 0. The zero-order valence-corrected chi connectivity index (χ0v) is 42.0. The first kappa shape index (κ1) is 61.1. The van der Waals surface area contributed by atoms with Gasteiger partial charge in [0, 0.05) is 19.3 Å². The summed E-state index contributed by atoms with van der Waals surface area (Å²) < 4.78 is 16.7. The fraction of sp³-hybridized carbons (Fsp3) is 0.644. The molecule has 0 aliphatic rings. The number of unbranched alkanes of at least 4 members (excludes halogenated alkanes) is 21. The van der Waals surface area contributed by atoms with Gasteiger partial charge in [-0.25, -0.2) is 0 Å². The lowest BCUT2D eigenvalue weighted by Crippen LogP contribution is -2.30. The number of hydrogen-bond acceptors (Lipinski definition) is 6. The summed E-state index contributed by atoms with van der Waals surface area (Å²) in [6.45, 7) is 6.35. The minimum absolute atomic E-state index is 0.129. The predicted octanol–water partition coefficient (Wildman–Crippen LogP) is 17.5. The molecule has 0 heterocycles. The SMILES string of the molecule is CC/C=C/C=C/C=C/C=C/C=C/CCCC(=O)OCC(COC(=O)CCC/C=C/C/C=C/C/C=C/C/C=C/CCCCC)OC(=O)CCCCCCCCCCCCCCCCCCC. The van der Waals surface area contributed by atoms with E-state index in [4.69, 9.17) is 14.2 Å². The van der Waals surface area contributed by atoms with Gasteiger partial charge < -0.3 is 14.2 Å². The fourth-order valence-electron chi connectivity index (χ4n) is 6.94. The number of ether oxygens (including phenoxy) is 3. The average molecular weight is 901 g/mol. The summed E-state index contributed by atoms with van der Waals surface area (Å²) in [6, 6.07) is 0. The lowest BCUT2D eigenvalue weighted by Gasteiger charge is -2.18. The van der Waals surface area contributed by atoms with E-state index < -0.39 is 6.10 Å². The van der Waals surface area contributed by atoms with Crippen molar-refractivity contribution in [2.75, 3.05) is 13.2 Å². The Balaban J connectivity index is 4.55. The molecular formula is C59H96O6. The lowest BCUT2D eigenvalue weighted by atomic mass is 10.0. The maximum Gasteiger partial charge on any atom is 0.306 e. The van der Waals surface area contributed by atoms with Crippen molar-refractivity contribution in [3.8, 4) is 0 Å². The van der Waals surface area contributed by atoms with Gasteiger partial charge in [-0.2, -0.15) is 0 Å². The normalized spacial score (nSPS) is 13.0. The van der Waals surface area contributed by atoms with Gasteiger partial charge in [0.25, 0.3) is 0 Å². The second-order valence-corrected chi connectivity index (χ2v) is 17.2. The van der Waals surface area contributed by atoms with E-state index in [2.05, 4.69) is 75.5 Å². The fourth-order valence-corrected chi connectivity index (χ4v) is 6.94. The van der Waals surface area contributed by atoms with Crippen LogP contribution in [0.2, 0.25) is 0 Å². The number of allylic oxidation sites excluding steroid dienone is 18. The van der Waals surface area contributed by atoms with E-state index in [0.717, 1.165) is 57.8 Å². The molecule has 6 heteroatoms. The van der Waals surface area contributed by atoms with Crippen molar-refractivity contribution in [2.45, 2.75) is 232 Å². The largest absolute Gasteiger partial charge is 0.462 e. The molecule has 0 rings (SSSR count). The first-order valence-electron chi connectivity index (χ1n) is 26.5. The van der Waals surface area contributed by atoms with Crippen molar-refractivity contribution >= 4 is 17.9 Å². The van der Waals surface area contributed by atoms with Gasteiger partial charge in [-0.05, 0) is 70.6 Å². The van der Waals surface area contributed by atoms with Crippen molar-refractivity contribution in [2.24, 2.45) is 0 Å². The molecule has 0 aliphatic heterocycles. The van der Waals surface area contributed by atoms with Crippen molar-refractivity contribution in [3.63, 3.8) is 0 Å². The summed E-state index contributed by atoms with van der Waals surface area (Å²) in [5, 5.41) is 0. The summed E-state index contributed by atoms with van der Waals surface area (Å²) >= 11 is 0. The molecule has 0 saturated heterocycles. The van der Waals surface area contributed by atoms with E-state index in [1.54, 1.807) is 0 Å². The molecule has 0 aromatic heterocycles. The highest BCUT2D eigenvalue weighted by Gasteiger charge is 2.19. The number of carbonyl (C=O) groups is 3. The highest BCUT2D eigenvalue weighted by molar-refractivity contribution is 5.71. The third-order valence-electron chi connectivity index (χ3n) is 10.9. The molecule has 0 bridgehead atoms. The Kier molecular flexibility index (Phi) is 49.5. The molecular weight excluding hydrogens is 805 g/mol. The van der Waals surface area contributed by atoms with Gasteiger partial charge in [-0.1, -0.05) is 246 Å². The molecule has 6 nitrogen and oxygen atoms in total. The lowest BCUT2D eigenvalue weighted by molar-refractivity contribution is -0.167. The van der Waals surface area contributed by atoms with E-state index >= 15 is 0 Å². The monoisotopic (exact) mass is 901 g/mol. The van der Waals surface area contributed by atoms with Crippen LogP contribution in [-0.4, -0.2) is 37.2 Å². The molecule has 65 heavy (non-hydrogen) atoms. The molecule has 0 fully saturated rings. The highest BCUT2D eigenvalue weighted by Crippen LogP contribution is 2.15. The maximum absolute atomic E-state index is 12.8. The summed E-state index contributed by atoms with van der Waals surface area (Å²) in [5.41, 5.74) is 0. The second-order valence-electron chi connectivity index (χ2n) is 17.2. The summed E-state index contributed by atoms with van der Waals surface area (Å²) in [5.74, 6) is -1.06. The van der Waals surface area contributed by atoms with Crippen LogP contribution >= 0.6 is 0 Å². The molecule has 0 aliphatic carbocycles. The average Bonchev–Trinajstić information content (AvgIpc) is 3.30. The van der Waals surface area contributed by atoms with Crippen LogP contribution in [0, 0.1) is 0 Å². The Bertz CT molecular complexity index is 1360. The van der Waals surface area contributed by atoms with Crippen LogP contribution in [0.5, 0.6) is 0 Å². The highest BCUT2D eigenvalue weighted by atomic mass is 16.6. The Morgan fingerprint density at radius 3 is 1.12 bits per heavy atom. The molecule has 0 amide bonds. The molecule has 0 aromatic carbocycles. The van der Waals surface area contributed by atoms with Gasteiger partial charge in [0.2, 0.25) is 0 Å². The van der Waals surface area contributed by atoms with Crippen LogP contribution < -0.4 is 0 Å². The van der Waals surface area contributed by atoms with Crippen LogP contribution in [0.25, 0.3) is 0 Å². The van der Waals surface area contributed by atoms with Crippen LogP contribution in [-0.2, 0) is 28.6 Å². The van der Waals surface area contributed by atoms with Crippen LogP contribution in [0.15, 0.2) is 109 Å². The van der Waals surface area contributed by atoms with Crippen LogP contribution in [0.4, 0.5) is 0 Å². The van der Waals surface area contributed by atoms with Crippen LogP contribution in [0.1, 0.15) is 226 Å². The first-order chi connectivity index (χ1) is 32.0. The second kappa shape index (κ2) is 52.7. The molecule has 0 saturated carbocycles. The standard InChI is InChI=1S/C59H96O6/c1-4-7-10-13-16-19-22-25-27-29-31-34-37-40-43-46-49-52-58(61)64-55-56(54-63-57(60)51-48-45-42-39-36-33-24-21-18-15-12-9-6-3)65-59(62)53-50-47-44-41-38-35-32-30-28-26-23-20-17-14-11-8-5-2/h9,12,15-16,18-19,21,24-25,27,31,33-34,36,39-40,42-43,56H,4-8,10-11,13-14,17,20,22-23,26,28-30,32,35,37-38,41,44-55H2,1-3H3/b12-9+,18-15+,19-16+,24-21+,27-25+,34-31+,36-33+,42-39+,43-40+. The van der Waals surface area contributed by atoms with Crippen molar-refractivity contribution in [1.29, 1.82) is 0 Å². The third-order valence-corrected chi connectivity index (χ3v) is 10.9. The van der Waals surface area contributed by atoms with Gasteiger partial charge in [0.1, 0.15) is 13.2 Å². The smallest absolute Gasteiger partial charge is 0.306 e. The van der Waals surface area contributed by atoms with E-state index in [9.17, 15) is 14.4 Å². The Morgan fingerprint density at radius 2 is 0.677 bits per heavy atom. The number of rotatable bonds is 46. The minimum Gasteiger partial charge on any atom is -0.462 e. The Hall–Kier alpha value is -3.93. The Morgan fingerprint density at radius 1 is 0.338 bits per heavy atom. The molecule has 0 radical (unpaired) electrons. The van der Waals surface area contributed by atoms with Gasteiger partial charge >= 0.3 is 17.9 Å². The maximum atomic E-state index is 12.8. The third kappa shape index (κ3) is 50.9. The van der Waals surface area contributed by atoms with Crippen LogP contribution in [0.3, 0.4) is 0 Å². The van der Waals surface area contributed by atoms with Gasteiger partial charge in [0.05, 0.1) is 0 Å². The molecule has 0 N–H and O–H groups in total. The quantitative estimate of drug-likeness (QED) is 0.0199. The van der Waals surface area contributed by atoms with Gasteiger partial charge in [0.15, 0.2) is 6.10 Å². The van der Waals surface area contributed by atoms with Gasteiger partial charge in [-0.15, -0.1) is 0 Å². The molecule has 0 spiro atoms. The topological polar surface area (TPSA) is 78.9 Å². The van der Waals surface area contributed by atoms with E-state index in [1.807, 2.05) is 54.7 Å². The minimum atomic E-state index is -0.828. The number of hydrogen-bond donors (Lipinski definition) is 0. The zero-order chi connectivity index (χ0) is 47.2. The van der Waals surface area contributed by atoms with E-state index in [1.165, 1.54) is 116 Å². The first-order valence-corrected chi connectivity index (χ1v) is 26.5.